The van der Waals surface area contributed by atoms with Crippen LogP contribution in [0, 0.1) is 0 Å². The van der Waals surface area contributed by atoms with Crippen molar-refractivity contribution in [2.24, 2.45) is 0 Å². The lowest BCUT2D eigenvalue weighted by Gasteiger charge is -2.09. The highest BCUT2D eigenvalue weighted by Crippen LogP contribution is 2.24. The average Bonchev–Trinajstić information content (AvgIpc) is 2.32. The first-order valence-electron chi connectivity index (χ1n) is 5.26. The average molecular weight is 225 g/mol. The van der Waals surface area contributed by atoms with E-state index in [4.69, 9.17) is 11.5 Å². The van der Waals surface area contributed by atoms with E-state index >= 15 is 0 Å². The van der Waals surface area contributed by atoms with E-state index in [2.05, 4.69) is 4.98 Å². The Labute approximate surface area is 97.2 Å². The van der Waals surface area contributed by atoms with E-state index in [-0.39, 0.29) is 11.1 Å². The highest BCUT2D eigenvalue weighted by molar-refractivity contribution is 5.88. The zero-order chi connectivity index (χ0) is 12.0. The molecular formula is C13H11N3O. The second-order valence-electron chi connectivity index (χ2n) is 4.06. The van der Waals surface area contributed by atoms with E-state index in [9.17, 15) is 4.79 Å². The number of benzene rings is 2. The summed E-state index contributed by atoms with van der Waals surface area (Å²) < 4.78 is 0. The molecule has 0 radical (unpaired) electrons. The molecule has 0 spiro atoms. The zero-order valence-corrected chi connectivity index (χ0v) is 9.03. The molecule has 0 amide bonds. The number of aromatic nitrogens is 1. The van der Waals surface area contributed by atoms with Gasteiger partial charge in [0.05, 0.1) is 5.69 Å². The first-order valence-corrected chi connectivity index (χ1v) is 5.26. The number of hydrogen-bond acceptors (Lipinski definition) is 3. The number of nitrogen functional groups attached to an aromatic ring is 2. The number of pyridine rings is 1. The molecule has 84 valence electrons. The highest BCUT2D eigenvalue weighted by Gasteiger charge is 2.09. The minimum atomic E-state index is -0.141. The number of anilines is 2. The van der Waals surface area contributed by atoms with Crippen LogP contribution in [0.5, 0.6) is 0 Å². The minimum absolute atomic E-state index is 0.141. The maximum atomic E-state index is 11.9. The van der Waals surface area contributed by atoms with Crippen molar-refractivity contribution in [2.45, 2.75) is 0 Å². The van der Waals surface area contributed by atoms with Crippen molar-refractivity contribution in [1.29, 1.82) is 0 Å². The van der Waals surface area contributed by atoms with Gasteiger partial charge in [-0.05, 0) is 35.7 Å². The molecule has 4 heteroatoms. The zero-order valence-electron chi connectivity index (χ0n) is 9.03. The van der Waals surface area contributed by atoms with Crippen molar-refractivity contribution in [1.82, 2.24) is 4.98 Å². The standard InChI is InChI=1S/C13H11N3O/c14-8-2-1-7-5-9-11(16-12(7)6-8)4-3-10(15)13(9)17/h1-6,16H,14-15H2. The Morgan fingerprint density at radius 3 is 2.65 bits per heavy atom. The molecule has 0 aromatic heterocycles. The summed E-state index contributed by atoms with van der Waals surface area (Å²) in [7, 11) is 0. The molecule has 1 aliphatic carbocycles. The van der Waals surface area contributed by atoms with Crippen LogP contribution in [0.2, 0.25) is 0 Å². The van der Waals surface area contributed by atoms with Gasteiger partial charge in [-0.15, -0.1) is 0 Å². The molecule has 1 aromatic carbocycles. The largest absolute Gasteiger partial charge is 0.399 e. The fourth-order valence-corrected chi connectivity index (χ4v) is 1.98. The van der Waals surface area contributed by atoms with Gasteiger partial charge in [-0.1, -0.05) is 6.07 Å². The molecule has 0 unspecified atom stereocenters. The van der Waals surface area contributed by atoms with Crippen molar-refractivity contribution in [2.75, 3.05) is 11.5 Å². The van der Waals surface area contributed by atoms with Gasteiger partial charge in [0.25, 0.3) is 0 Å². The second kappa shape index (κ2) is 3.25. The summed E-state index contributed by atoms with van der Waals surface area (Å²) in [6, 6.07) is 10.8. The predicted molar refractivity (Wildman–Crippen MR) is 70.0 cm³/mol. The summed E-state index contributed by atoms with van der Waals surface area (Å²) in [6.07, 6.45) is 0. The molecule has 0 fully saturated rings. The van der Waals surface area contributed by atoms with Crippen LogP contribution in [-0.2, 0) is 0 Å². The fourth-order valence-electron chi connectivity index (χ4n) is 1.98. The summed E-state index contributed by atoms with van der Waals surface area (Å²) in [6.45, 7) is 0. The molecule has 0 bridgehead atoms. The SMILES string of the molecule is Nc1ccc2cc3c(=O)c(N)ccc-3[nH]c2c1. The highest BCUT2D eigenvalue weighted by atomic mass is 16.1. The van der Waals surface area contributed by atoms with Crippen molar-refractivity contribution < 1.29 is 0 Å². The first-order chi connectivity index (χ1) is 8.15. The molecule has 1 aliphatic heterocycles. The fraction of sp³-hybridized carbons (Fsp3) is 0. The summed E-state index contributed by atoms with van der Waals surface area (Å²) in [5.74, 6) is 0. The maximum Gasteiger partial charge on any atom is 0.210 e. The smallest absolute Gasteiger partial charge is 0.210 e. The number of fused-ring (bicyclic) bond motifs is 2. The summed E-state index contributed by atoms with van der Waals surface area (Å²) in [5.41, 5.74) is 14.4. The van der Waals surface area contributed by atoms with Gasteiger partial charge in [-0.2, -0.15) is 0 Å². The van der Waals surface area contributed by atoms with E-state index < -0.39 is 0 Å². The normalized spacial score (nSPS) is 11.1. The first kappa shape index (κ1) is 9.72. The molecule has 0 saturated carbocycles. The Morgan fingerprint density at radius 1 is 1.00 bits per heavy atom. The van der Waals surface area contributed by atoms with E-state index in [0.717, 1.165) is 16.6 Å². The number of aromatic amines is 1. The van der Waals surface area contributed by atoms with Crippen LogP contribution < -0.4 is 16.9 Å². The molecule has 0 atom stereocenters. The molecule has 5 N–H and O–H groups in total. The van der Waals surface area contributed by atoms with Crippen LogP contribution >= 0.6 is 0 Å². The molecule has 0 saturated heterocycles. The number of nitrogens with two attached hydrogens (primary N) is 2. The van der Waals surface area contributed by atoms with Crippen molar-refractivity contribution >= 4 is 22.3 Å². The van der Waals surface area contributed by atoms with Gasteiger partial charge in [0, 0.05) is 22.5 Å². The van der Waals surface area contributed by atoms with Crippen LogP contribution in [0.3, 0.4) is 0 Å². The van der Waals surface area contributed by atoms with Gasteiger partial charge >= 0.3 is 0 Å². The number of hydrogen-bond donors (Lipinski definition) is 3. The van der Waals surface area contributed by atoms with Gasteiger partial charge in [0.1, 0.15) is 0 Å². The van der Waals surface area contributed by atoms with Gasteiger partial charge in [0.15, 0.2) is 0 Å². The van der Waals surface area contributed by atoms with Gasteiger partial charge in [-0.3, -0.25) is 4.79 Å². The van der Waals surface area contributed by atoms with Crippen molar-refractivity contribution in [3.63, 3.8) is 0 Å². The molecule has 3 rings (SSSR count). The number of rotatable bonds is 0. The maximum absolute atomic E-state index is 11.9. The van der Waals surface area contributed by atoms with Crippen LogP contribution in [0.4, 0.5) is 11.4 Å². The lowest BCUT2D eigenvalue weighted by molar-refractivity contribution is 1.37. The van der Waals surface area contributed by atoms with Gasteiger partial charge in [-0.25, -0.2) is 0 Å². The van der Waals surface area contributed by atoms with Gasteiger partial charge in [0.2, 0.25) is 5.43 Å². The van der Waals surface area contributed by atoms with E-state index in [1.807, 2.05) is 18.2 Å². The molecular weight excluding hydrogens is 214 g/mol. The second-order valence-corrected chi connectivity index (χ2v) is 4.06. The van der Waals surface area contributed by atoms with E-state index in [1.54, 1.807) is 18.2 Å². The third kappa shape index (κ3) is 1.42. The minimum Gasteiger partial charge on any atom is -0.399 e. The predicted octanol–water partition coefficient (Wildman–Crippen LogP) is 1.80. The topological polar surface area (TPSA) is 84.9 Å². The van der Waals surface area contributed by atoms with Crippen molar-refractivity contribution in [3.8, 4) is 11.3 Å². The number of nitrogens with one attached hydrogen (secondary N) is 1. The Bertz CT molecular complexity index is 745. The Kier molecular flexibility index (Phi) is 1.86. The third-order valence-corrected chi connectivity index (χ3v) is 2.87. The Hall–Kier alpha value is -2.49. The van der Waals surface area contributed by atoms with E-state index in [0.29, 0.717) is 11.3 Å². The molecule has 17 heavy (non-hydrogen) atoms. The van der Waals surface area contributed by atoms with Gasteiger partial charge < -0.3 is 16.5 Å². The summed E-state index contributed by atoms with van der Waals surface area (Å²) in [4.78, 5) is 15.1. The lowest BCUT2D eigenvalue weighted by Crippen LogP contribution is -2.11. The Morgan fingerprint density at radius 2 is 1.82 bits per heavy atom. The van der Waals surface area contributed by atoms with Crippen molar-refractivity contribution in [3.05, 3.63) is 46.6 Å². The Balaban J connectivity index is 2.49. The third-order valence-electron chi connectivity index (χ3n) is 2.87. The molecule has 2 aliphatic rings. The van der Waals surface area contributed by atoms with E-state index in [1.165, 1.54) is 0 Å². The molecule has 4 nitrogen and oxygen atoms in total. The quantitative estimate of drug-likeness (QED) is 0.403. The summed E-state index contributed by atoms with van der Waals surface area (Å²) in [5, 5.41) is 0.939. The number of H-pyrrole nitrogens is 1. The monoisotopic (exact) mass is 225 g/mol. The summed E-state index contributed by atoms with van der Waals surface area (Å²) >= 11 is 0. The van der Waals surface area contributed by atoms with Crippen LogP contribution in [0.1, 0.15) is 0 Å². The molecule has 1 heterocycles. The molecule has 1 aromatic rings. The van der Waals surface area contributed by atoms with Crippen LogP contribution in [0.25, 0.3) is 22.2 Å². The lowest BCUT2D eigenvalue weighted by atomic mass is 10.0. The van der Waals surface area contributed by atoms with Crippen LogP contribution in [-0.4, -0.2) is 4.98 Å². The van der Waals surface area contributed by atoms with Crippen LogP contribution in [0.15, 0.2) is 41.2 Å².